The monoisotopic (exact) mass is 563 g/mol. The quantitative estimate of drug-likeness (QED) is 0.229. The second-order valence-corrected chi connectivity index (χ2v) is 9.38. The van der Waals surface area contributed by atoms with Gasteiger partial charge in [0.1, 0.15) is 23.5 Å². The Bertz CT molecular complexity index is 1260. The summed E-state index contributed by atoms with van der Waals surface area (Å²) in [6, 6.07) is 3.22. The summed E-state index contributed by atoms with van der Waals surface area (Å²) in [5.74, 6) is -2.33. The van der Waals surface area contributed by atoms with E-state index in [9.17, 15) is 22.4 Å². The number of amides is 1. The van der Waals surface area contributed by atoms with Gasteiger partial charge >= 0.3 is 6.18 Å². The number of carbonyl (C=O) groups is 1. The zero-order chi connectivity index (χ0) is 26.7. The number of ether oxygens (including phenoxy) is 2. The number of hydrogen-bond donors (Lipinski definition) is 3. The number of fused-ring (bicyclic) bond motifs is 1. The molecule has 0 radical (unpaired) electrons. The fourth-order valence-corrected chi connectivity index (χ4v) is 4.64. The zero-order valence-electron chi connectivity index (χ0n) is 19.5. The number of carbonyl (C=O) groups excluding carboxylic acids is 1. The first-order valence-electron chi connectivity index (χ1n) is 11.4. The van der Waals surface area contributed by atoms with Crippen LogP contribution in [0.5, 0.6) is 5.88 Å². The average Bonchev–Trinajstić information content (AvgIpc) is 3.22. The van der Waals surface area contributed by atoms with Crippen LogP contribution in [0.25, 0.3) is 11.2 Å². The molecule has 8 nitrogen and oxygen atoms in total. The summed E-state index contributed by atoms with van der Waals surface area (Å²) in [4.78, 5) is 24.7. The number of nitrogens with zero attached hydrogens (tertiary/aromatic N) is 2. The Morgan fingerprint density at radius 1 is 1.11 bits per heavy atom. The third-order valence-electron chi connectivity index (χ3n) is 5.98. The molecule has 0 atom stereocenters. The third-order valence-corrected chi connectivity index (χ3v) is 6.58. The lowest BCUT2D eigenvalue weighted by atomic mass is 9.85. The Balaban J connectivity index is 1.57. The first kappa shape index (κ1) is 27.2. The van der Waals surface area contributed by atoms with E-state index in [1.165, 1.54) is 13.2 Å². The third kappa shape index (κ3) is 6.55. The second-order valence-electron chi connectivity index (χ2n) is 8.57. The summed E-state index contributed by atoms with van der Waals surface area (Å²) >= 11 is 12.2. The van der Waals surface area contributed by atoms with Crippen molar-refractivity contribution in [1.29, 1.82) is 0 Å². The minimum atomic E-state index is -4.24. The SMILES string of the molecule is COCCOc1nc2[nH]c(Nc3c(Cl)cc(F)cc3Cl)nc2cc1C(=O)N[C@H]1CC[C@H](C(F)(F)F)CC1. The van der Waals surface area contributed by atoms with Gasteiger partial charge < -0.3 is 25.1 Å². The van der Waals surface area contributed by atoms with Gasteiger partial charge in [0.15, 0.2) is 5.65 Å². The lowest BCUT2D eigenvalue weighted by Gasteiger charge is -2.30. The fraction of sp³-hybridized carbons (Fsp3) is 0.435. The number of aromatic amines is 1. The van der Waals surface area contributed by atoms with Crippen LogP contribution in [0.3, 0.4) is 0 Å². The molecule has 1 saturated carbocycles. The lowest BCUT2D eigenvalue weighted by Crippen LogP contribution is -2.40. The van der Waals surface area contributed by atoms with Gasteiger partial charge in [-0.3, -0.25) is 4.79 Å². The first-order chi connectivity index (χ1) is 17.5. The van der Waals surface area contributed by atoms with E-state index in [1.807, 2.05) is 0 Å². The predicted molar refractivity (Wildman–Crippen MR) is 130 cm³/mol. The Morgan fingerprint density at radius 2 is 1.78 bits per heavy atom. The summed E-state index contributed by atoms with van der Waals surface area (Å²) < 4.78 is 63.1. The number of halogens is 6. The van der Waals surface area contributed by atoms with Gasteiger partial charge in [0.2, 0.25) is 11.8 Å². The molecule has 1 aliphatic rings. The van der Waals surface area contributed by atoms with Crippen LogP contribution in [-0.4, -0.2) is 53.4 Å². The molecule has 14 heteroatoms. The maximum absolute atomic E-state index is 13.5. The molecule has 0 spiro atoms. The highest BCUT2D eigenvalue weighted by Crippen LogP contribution is 2.38. The smallest absolute Gasteiger partial charge is 0.391 e. The molecule has 3 N–H and O–H groups in total. The normalized spacial score (nSPS) is 18.1. The molecule has 1 aromatic carbocycles. The number of pyridine rings is 1. The Kier molecular flexibility index (Phi) is 8.29. The molecule has 3 aromatic rings. The zero-order valence-corrected chi connectivity index (χ0v) is 21.0. The fourth-order valence-electron chi connectivity index (χ4n) is 4.09. The van der Waals surface area contributed by atoms with Gasteiger partial charge in [0, 0.05) is 13.2 Å². The van der Waals surface area contributed by atoms with Gasteiger partial charge in [-0.25, -0.2) is 9.37 Å². The van der Waals surface area contributed by atoms with E-state index in [4.69, 9.17) is 32.7 Å². The van der Waals surface area contributed by atoms with E-state index < -0.39 is 29.9 Å². The van der Waals surface area contributed by atoms with Crippen molar-refractivity contribution in [1.82, 2.24) is 20.3 Å². The van der Waals surface area contributed by atoms with Crippen molar-refractivity contribution in [2.24, 2.45) is 5.92 Å². The Morgan fingerprint density at radius 3 is 2.41 bits per heavy atom. The number of hydrogen-bond acceptors (Lipinski definition) is 6. The summed E-state index contributed by atoms with van der Waals surface area (Å²) in [6.45, 7) is 0.339. The summed E-state index contributed by atoms with van der Waals surface area (Å²) in [6.07, 6.45) is -3.92. The first-order valence-corrected chi connectivity index (χ1v) is 12.1. The molecule has 2 heterocycles. The van der Waals surface area contributed by atoms with Crippen LogP contribution in [0.2, 0.25) is 10.0 Å². The maximum atomic E-state index is 13.5. The van der Waals surface area contributed by atoms with Gasteiger partial charge in [0.25, 0.3) is 5.91 Å². The number of benzene rings is 1. The molecule has 4 rings (SSSR count). The van der Waals surface area contributed by atoms with E-state index >= 15 is 0 Å². The van der Waals surface area contributed by atoms with Crippen LogP contribution in [-0.2, 0) is 4.74 Å². The van der Waals surface area contributed by atoms with Crippen molar-refractivity contribution < 1.29 is 31.8 Å². The molecular formula is C23H23Cl2F4N5O3. The summed E-state index contributed by atoms with van der Waals surface area (Å²) in [5, 5.41) is 5.72. The highest BCUT2D eigenvalue weighted by Gasteiger charge is 2.41. The van der Waals surface area contributed by atoms with E-state index in [0.717, 1.165) is 12.1 Å². The molecule has 2 aromatic heterocycles. The lowest BCUT2D eigenvalue weighted by molar-refractivity contribution is -0.182. The van der Waals surface area contributed by atoms with Gasteiger partial charge in [-0.1, -0.05) is 23.2 Å². The standard InChI is InChI=1S/C23H23Cl2F4N5O3/c1-36-6-7-37-21-14(20(35)30-13-4-2-11(3-5-13)23(27,28)29)10-17-19(33-21)34-22(31-17)32-18-15(24)8-12(26)9-16(18)25/h8-11,13H,2-7H2,1H3,(H,30,35)(H2,31,32,33,34)/t11-,13-. The molecule has 37 heavy (non-hydrogen) atoms. The molecule has 0 aliphatic heterocycles. The second kappa shape index (κ2) is 11.3. The van der Waals surface area contributed by atoms with Crippen LogP contribution in [0.15, 0.2) is 18.2 Å². The topological polar surface area (TPSA) is 101 Å². The van der Waals surface area contributed by atoms with Crippen molar-refractivity contribution in [2.45, 2.75) is 37.9 Å². The molecule has 200 valence electrons. The molecule has 1 amide bonds. The number of imidazole rings is 1. The largest absolute Gasteiger partial charge is 0.475 e. The summed E-state index contributed by atoms with van der Waals surface area (Å²) in [5.41, 5.74) is 0.846. The predicted octanol–water partition coefficient (Wildman–Crippen LogP) is 6.02. The van der Waals surface area contributed by atoms with Crippen LogP contribution in [0.4, 0.5) is 29.2 Å². The maximum Gasteiger partial charge on any atom is 0.391 e. The number of nitrogens with one attached hydrogen (secondary N) is 3. The van der Waals surface area contributed by atoms with E-state index in [-0.39, 0.29) is 77.7 Å². The van der Waals surface area contributed by atoms with Gasteiger partial charge in [-0.2, -0.15) is 18.2 Å². The highest BCUT2D eigenvalue weighted by molar-refractivity contribution is 6.39. The molecule has 0 unspecified atom stereocenters. The molecule has 0 saturated heterocycles. The summed E-state index contributed by atoms with van der Waals surface area (Å²) in [7, 11) is 1.49. The Hall–Kier alpha value is -2.83. The number of aromatic nitrogens is 3. The number of H-pyrrole nitrogens is 1. The number of rotatable bonds is 8. The van der Waals surface area contributed by atoms with Crippen LogP contribution in [0.1, 0.15) is 36.0 Å². The number of anilines is 2. The molecule has 0 bridgehead atoms. The van der Waals surface area contributed by atoms with Crippen LogP contribution < -0.4 is 15.4 Å². The minimum absolute atomic E-state index is 0.000857. The van der Waals surface area contributed by atoms with Crippen LogP contribution >= 0.6 is 23.2 Å². The van der Waals surface area contributed by atoms with Gasteiger partial charge in [-0.15, -0.1) is 0 Å². The van der Waals surface area contributed by atoms with E-state index in [1.54, 1.807) is 0 Å². The van der Waals surface area contributed by atoms with Crippen molar-refractivity contribution in [2.75, 3.05) is 25.6 Å². The van der Waals surface area contributed by atoms with Crippen molar-refractivity contribution in [3.63, 3.8) is 0 Å². The van der Waals surface area contributed by atoms with E-state index in [2.05, 4.69) is 25.6 Å². The van der Waals surface area contributed by atoms with Crippen molar-refractivity contribution in [3.8, 4) is 5.88 Å². The average molecular weight is 564 g/mol. The van der Waals surface area contributed by atoms with Gasteiger partial charge in [0.05, 0.1) is 28.3 Å². The number of alkyl halides is 3. The minimum Gasteiger partial charge on any atom is -0.475 e. The molecule has 1 aliphatic carbocycles. The van der Waals surface area contributed by atoms with Crippen molar-refractivity contribution >= 4 is 51.9 Å². The number of methoxy groups -OCH3 is 1. The highest BCUT2D eigenvalue weighted by atomic mass is 35.5. The Labute approximate surface area is 219 Å². The molecule has 1 fully saturated rings. The molecular weight excluding hydrogens is 541 g/mol. The van der Waals surface area contributed by atoms with E-state index in [0.29, 0.717) is 5.52 Å². The van der Waals surface area contributed by atoms with Crippen LogP contribution in [0, 0.1) is 11.7 Å². The van der Waals surface area contributed by atoms with Gasteiger partial charge in [-0.05, 0) is 43.9 Å². The van der Waals surface area contributed by atoms with Crippen molar-refractivity contribution in [3.05, 3.63) is 39.6 Å².